The van der Waals surface area contributed by atoms with Crippen molar-refractivity contribution in [3.8, 4) is 44.8 Å². The van der Waals surface area contributed by atoms with Gasteiger partial charge in [-0.3, -0.25) is 0 Å². The lowest BCUT2D eigenvalue weighted by molar-refractivity contribution is 1.16. The highest BCUT2D eigenvalue weighted by Gasteiger charge is 2.34. The van der Waals surface area contributed by atoms with Gasteiger partial charge in [-0.05, 0) is 137 Å². The lowest BCUT2D eigenvalue weighted by Crippen LogP contribution is -2.05. The minimum atomic E-state index is -1.88. The molecule has 0 aliphatic carbocycles. The summed E-state index contributed by atoms with van der Waals surface area (Å²) in [6.45, 7) is 0. The highest BCUT2D eigenvalue weighted by Crippen LogP contribution is 2.73. The number of aromatic nitrogens is 2. The average Bonchev–Trinajstić information content (AvgIpc) is 3.95. The molecule has 0 saturated heterocycles. The zero-order chi connectivity index (χ0) is 45.7. The Morgan fingerprint density at radius 3 is 1.35 bits per heavy atom. The Kier molecular flexibility index (Phi) is 9.96. The molecule has 0 unspecified atom stereocenters. The molecule has 0 fully saturated rings. The van der Waals surface area contributed by atoms with Gasteiger partial charge in [0.25, 0.3) is 0 Å². The molecule has 0 saturated carbocycles. The monoisotopic (exact) mass is 898 g/mol. The summed E-state index contributed by atoms with van der Waals surface area (Å²) >= 11 is 0. The van der Waals surface area contributed by atoms with Crippen LogP contribution in [0.25, 0.3) is 88.4 Å². The molecule has 0 spiro atoms. The normalized spacial score (nSPS) is 12.0. The first kappa shape index (κ1) is 40.6. The van der Waals surface area contributed by atoms with Crippen LogP contribution < -0.4 is 0 Å². The maximum absolute atomic E-state index is 2.50. The van der Waals surface area contributed by atoms with Crippen LogP contribution >= 0.6 is 10.0 Å². The van der Waals surface area contributed by atoms with E-state index < -0.39 is 10.0 Å². The quantitative estimate of drug-likeness (QED) is 0.137. The zero-order valence-electron chi connectivity index (χ0n) is 37.9. The van der Waals surface area contributed by atoms with E-state index in [1.165, 1.54) is 91.1 Å². The van der Waals surface area contributed by atoms with Gasteiger partial charge in [0.1, 0.15) is 0 Å². The number of nitrogens with zero attached hydrogens (tertiary/aromatic N) is 2. The van der Waals surface area contributed by atoms with Gasteiger partial charge >= 0.3 is 0 Å². The lowest BCUT2D eigenvalue weighted by atomic mass is 9.99. The van der Waals surface area contributed by atoms with Gasteiger partial charge in [0.2, 0.25) is 0 Å². The average molecular weight is 899 g/mol. The van der Waals surface area contributed by atoms with Crippen LogP contribution in [0.15, 0.2) is 299 Å². The molecule has 2 aromatic heterocycles. The summed E-state index contributed by atoms with van der Waals surface area (Å²) in [5.41, 5.74) is 14.2. The van der Waals surface area contributed by atoms with Gasteiger partial charge in [0.05, 0.1) is 22.1 Å². The Labute approximate surface area is 404 Å². The number of benzene rings is 11. The van der Waals surface area contributed by atoms with Crippen molar-refractivity contribution < 1.29 is 0 Å². The molecule has 2 heterocycles. The van der Waals surface area contributed by atoms with Gasteiger partial charge in [0, 0.05) is 52.5 Å². The maximum atomic E-state index is 2.50. The van der Waals surface area contributed by atoms with Crippen molar-refractivity contribution in [1.82, 2.24) is 9.13 Å². The van der Waals surface area contributed by atoms with Crippen LogP contribution in [0.2, 0.25) is 0 Å². The van der Waals surface area contributed by atoms with E-state index in [0.717, 1.165) is 16.9 Å². The molecule has 13 rings (SSSR count). The molecule has 0 atom stereocenters. The first-order chi connectivity index (χ1) is 34.2. The topological polar surface area (TPSA) is 9.86 Å². The van der Waals surface area contributed by atoms with Crippen LogP contribution in [-0.2, 0) is 0 Å². The van der Waals surface area contributed by atoms with E-state index in [9.17, 15) is 0 Å². The maximum Gasteiger partial charge on any atom is 0.0547 e. The predicted molar refractivity (Wildman–Crippen MR) is 291 cm³/mol. The molecule has 0 radical (unpaired) electrons. The fourth-order valence-corrected chi connectivity index (χ4v) is 14.7. The van der Waals surface area contributed by atoms with E-state index in [-0.39, 0.29) is 0 Å². The Morgan fingerprint density at radius 1 is 0.232 bits per heavy atom. The van der Waals surface area contributed by atoms with E-state index in [1.807, 2.05) is 0 Å². The van der Waals surface area contributed by atoms with Crippen LogP contribution in [0.5, 0.6) is 0 Å². The predicted octanol–water partition coefficient (Wildman–Crippen LogP) is 18.2. The van der Waals surface area contributed by atoms with E-state index in [0.29, 0.717) is 0 Å². The molecule has 13 aromatic rings. The van der Waals surface area contributed by atoms with E-state index in [4.69, 9.17) is 0 Å². The summed E-state index contributed by atoms with van der Waals surface area (Å²) in [4.78, 5) is 5.25. The first-order valence-corrected chi connectivity index (χ1v) is 25.3. The fraction of sp³-hybridized carbons (Fsp3) is 0. The molecule has 0 aliphatic heterocycles. The van der Waals surface area contributed by atoms with E-state index >= 15 is 0 Å². The second-order valence-corrected chi connectivity index (χ2v) is 20.8. The number of fused-ring (bicyclic) bond motifs is 6. The molecule has 0 bridgehead atoms. The lowest BCUT2D eigenvalue weighted by Gasteiger charge is -2.42. The van der Waals surface area contributed by atoms with Crippen molar-refractivity contribution in [1.29, 1.82) is 0 Å². The van der Waals surface area contributed by atoms with Gasteiger partial charge in [-0.1, -0.05) is 176 Å². The SMILES string of the molecule is c1ccc(-c2cccc(-c3cccc(-n4c5ccc(-n6c7ccccc7c7cc(S(c8ccccc8)(c8ccccc8)c8ccccc8)ccc76)cc5c5c(-c6ccccc6)cccc54)c3)c2)cc1. The van der Waals surface area contributed by atoms with Crippen LogP contribution in [0.1, 0.15) is 0 Å². The minimum absolute atomic E-state index is 1.13. The smallest absolute Gasteiger partial charge is 0.0547 e. The zero-order valence-corrected chi connectivity index (χ0v) is 38.7. The third-order valence-corrected chi connectivity index (χ3v) is 17.7. The number of hydrogen-bond acceptors (Lipinski definition) is 0. The van der Waals surface area contributed by atoms with Crippen molar-refractivity contribution in [3.63, 3.8) is 0 Å². The summed E-state index contributed by atoms with van der Waals surface area (Å²) in [6.07, 6.45) is 0. The van der Waals surface area contributed by atoms with Crippen LogP contribution in [0.4, 0.5) is 0 Å². The number of rotatable bonds is 9. The molecule has 2 nitrogen and oxygen atoms in total. The van der Waals surface area contributed by atoms with Gasteiger partial charge in [-0.2, -0.15) is 0 Å². The van der Waals surface area contributed by atoms with Gasteiger partial charge in [-0.15, -0.1) is 10.0 Å². The minimum Gasteiger partial charge on any atom is -0.309 e. The van der Waals surface area contributed by atoms with Gasteiger partial charge < -0.3 is 9.13 Å². The third kappa shape index (κ3) is 6.73. The highest BCUT2D eigenvalue weighted by molar-refractivity contribution is 8.34. The van der Waals surface area contributed by atoms with Crippen LogP contribution in [0, 0.1) is 0 Å². The molecule has 3 heteroatoms. The third-order valence-electron chi connectivity index (χ3n) is 13.8. The Hall–Kier alpha value is -8.63. The summed E-state index contributed by atoms with van der Waals surface area (Å²) in [5, 5.41) is 4.92. The van der Waals surface area contributed by atoms with Gasteiger partial charge in [0.15, 0.2) is 0 Å². The molecular weight excluding hydrogens is 853 g/mol. The summed E-state index contributed by atoms with van der Waals surface area (Å²) in [6, 6.07) is 103. The molecule has 0 amide bonds. The molecule has 69 heavy (non-hydrogen) atoms. The molecule has 0 N–H and O–H groups in total. The highest BCUT2D eigenvalue weighted by atomic mass is 32.3. The second-order valence-electron chi connectivity index (χ2n) is 17.7. The largest absolute Gasteiger partial charge is 0.309 e. The first-order valence-electron chi connectivity index (χ1n) is 23.7. The Bertz CT molecular complexity index is 3890. The number of para-hydroxylation sites is 1. The van der Waals surface area contributed by atoms with E-state index in [1.54, 1.807) is 0 Å². The van der Waals surface area contributed by atoms with Crippen LogP contribution in [0.3, 0.4) is 0 Å². The van der Waals surface area contributed by atoms with Crippen molar-refractivity contribution in [3.05, 3.63) is 279 Å². The summed E-state index contributed by atoms with van der Waals surface area (Å²) in [5.74, 6) is 0. The van der Waals surface area contributed by atoms with Crippen LogP contribution in [-0.4, -0.2) is 9.13 Å². The second kappa shape index (κ2) is 16.9. The molecule has 326 valence electrons. The molecule has 11 aromatic carbocycles. The summed E-state index contributed by atoms with van der Waals surface area (Å²) in [7, 11) is -1.88. The van der Waals surface area contributed by atoms with Crippen molar-refractivity contribution in [2.45, 2.75) is 19.6 Å². The van der Waals surface area contributed by atoms with Crippen molar-refractivity contribution in [2.24, 2.45) is 0 Å². The molecule has 0 aliphatic rings. The Balaban J connectivity index is 1.03. The van der Waals surface area contributed by atoms with Gasteiger partial charge in [-0.25, -0.2) is 0 Å². The fourth-order valence-electron chi connectivity index (χ4n) is 10.8. The summed E-state index contributed by atoms with van der Waals surface area (Å²) < 4.78 is 4.94. The van der Waals surface area contributed by atoms with Crippen molar-refractivity contribution in [2.75, 3.05) is 0 Å². The van der Waals surface area contributed by atoms with Crippen molar-refractivity contribution >= 4 is 53.6 Å². The standard InChI is InChI=1S/C66H46N2S/c1-6-21-47(22-7-1)49-25-18-26-50(43-49)51-27-19-28-52(44-51)68-64-41-39-53(45-61(64)66-58(36-20-38-65(66)68)48-23-8-2-9-24-48)67-62-37-17-16-35-59(62)60-46-57(40-42-63(60)67)69(54-29-10-3-11-30-54,55-31-12-4-13-32-55)56-33-14-5-15-34-56/h1-46H. The Morgan fingerprint density at radius 2 is 0.681 bits per heavy atom. The van der Waals surface area contributed by atoms with E-state index in [2.05, 4.69) is 288 Å². The number of hydrogen-bond donors (Lipinski definition) is 0. The molecular formula is C66H46N2S.